The van der Waals surface area contributed by atoms with Crippen LogP contribution < -0.4 is 0 Å². The normalized spacial score (nSPS) is 11.4. The quantitative estimate of drug-likeness (QED) is 0.161. The van der Waals surface area contributed by atoms with Crippen LogP contribution in [0.15, 0.2) is 200 Å². The summed E-state index contributed by atoms with van der Waals surface area (Å²) >= 11 is 1.78. The zero-order valence-corrected chi connectivity index (χ0v) is 32.5. The van der Waals surface area contributed by atoms with Gasteiger partial charge in [-0.05, 0) is 57.6 Å². The molecule has 7 aromatic carbocycles. The maximum Gasteiger partial charge on any atom is 0.164 e. The fraction of sp³-hybridized carbons (Fsp3) is 0. The highest BCUT2D eigenvalue weighted by Gasteiger charge is 2.18. The maximum absolute atomic E-state index is 5.18. The second kappa shape index (κ2) is 14.7. The van der Waals surface area contributed by atoms with Gasteiger partial charge in [-0.15, -0.1) is 11.3 Å². The van der Waals surface area contributed by atoms with Gasteiger partial charge in [-0.25, -0.2) is 19.9 Å². The molecule has 11 aromatic rings. The topological polar surface area (TPSA) is 64.5 Å². The van der Waals surface area contributed by atoms with Gasteiger partial charge in [-0.1, -0.05) is 170 Å². The van der Waals surface area contributed by atoms with E-state index in [4.69, 9.17) is 24.9 Å². The van der Waals surface area contributed by atoms with Crippen molar-refractivity contribution in [2.24, 2.45) is 0 Å². The van der Waals surface area contributed by atoms with E-state index in [0.29, 0.717) is 17.5 Å². The summed E-state index contributed by atoms with van der Waals surface area (Å²) in [6.45, 7) is 0. The standard InChI is InChI=1S/C53H33N5S/c1-3-11-34(12-4-1)35-24-28-40(29-25-35)52-56-51(39-13-5-2-6-14-39)57-53(58-52)41-30-26-37(27-31-41)36-20-22-38(23-21-36)42-15-9-16-43(33-42)48-50-47(44-17-7-8-19-46(44)59-50)49-45(55-48)18-10-32-54-49/h1-33H. The predicted octanol–water partition coefficient (Wildman–Crippen LogP) is 13.9. The molecule has 0 unspecified atom stereocenters. The van der Waals surface area contributed by atoms with E-state index >= 15 is 0 Å². The Morgan fingerprint density at radius 3 is 1.41 bits per heavy atom. The maximum atomic E-state index is 5.18. The SMILES string of the molecule is c1ccc(-c2ccc(-c3nc(-c4ccccc4)nc(-c4ccc(-c5ccc(-c6cccc(-c7nc8cccnc8c8c7sc7ccccc78)c6)cc5)cc4)n3)cc2)cc1. The first kappa shape index (κ1) is 34.6. The molecule has 0 saturated carbocycles. The number of pyridine rings is 2. The molecule has 0 fully saturated rings. The average molecular weight is 772 g/mol. The van der Waals surface area contributed by atoms with E-state index in [1.165, 1.54) is 21.0 Å². The number of hydrogen-bond donors (Lipinski definition) is 0. The molecule has 6 heteroatoms. The summed E-state index contributed by atoms with van der Waals surface area (Å²) in [5.41, 5.74) is 13.6. The summed E-state index contributed by atoms with van der Waals surface area (Å²) in [6, 6.07) is 67.4. The summed E-state index contributed by atoms with van der Waals surface area (Å²) in [4.78, 5) is 24.8. The molecular weight excluding hydrogens is 739 g/mol. The third kappa shape index (κ3) is 6.52. The van der Waals surface area contributed by atoms with Crippen molar-refractivity contribution in [1.29, 1.82) is 0 Å². The average Bonchev–Trinajstić information content (AvgIpc) is 3.72. The molecule has 0 aliphatic rings. The molecule has 0 bridgehead atoms. The smallest absolute Gasteiger partial charge is 0.164 e. The van der Waals surface area contributed by atoms with Gasteiger partial charge >= 0.3 is 0 Å². The Morgan fingerprint density at radius 2 is 0.797 bits per heavy atom. The van der Waals surface area contributed by atoms with Crippen LogP contribution in [0.3, 0.4) is 0 Å². The van der Waals surface area contributed by atoms with E-state index in [-0.39, 0.29) is 0 Å². The van der Waals surface area contributed by atoms with Crippen molar-refractivity contribution in [2.45, 2.75) is 0 Å². The molecule has 276 valence electrons. The lowest BCUT2D eigenvalue weighted by molar-refractivity contribution is 1.07. The molecule has 0 amide bonds. The number of nitrogens with zero attached hydrogens (tertiary/aromatic N) is 5. The minimum atomic E-state index is 0.632. The third-order valence-electron chi connectivity index (χ3n) is 10.8. The van der Waals surface area contributed by atoms with Crippen molar-refractivity contribution in [3.8, 4) is 78.8 Å². The van der Waals surface area contributed by atoms with Crippen LogP contribution in [0.25, 0.3) is 110 Å². The summed E-state index contributed by atoms with van der Waals surface area (Å²) in [5.74, 6) is 1.91. The summed E-state index contributed by atoms with van der Waals surface area (Å²) in [7, 11) is 0. The van der Waals surface area contributed by atoms with E-state index in [9.17, 15) is 0 Å². The molecule has 59 heavy (non-hydrogen) atoms. The van der Waals surface area contributed by atoms with Gasteiger partial charge in [0, 0.05) is 43.9 Å². The monoisotopic (exact) mass is 771 g/mol. The molecule has 0 saturated heterocycles. The first-order valence-corrected chi connectivity index (χ1v) is 20.4. The van der Waals surface area contributed by atoms with Gasteiger partial charge < -0.3 is 0 Å². The Labute approximate surface area is 345 Å². The van der Waals surface area contributed by atoms with E-state index < -0.39 is 0 Å². The Hall–Kier alpha value is -7.67. The number of fused-ring (bicyclic) bond motifs is 5. The fourth-order valence-corrected chi connectivity index (χ4v) is 9.02. The first-order valence-electron chi connectivity index (χ1n) is 19.6. The Balaban J connectivity index is 0.896. The van der Waals surface area contributed by atoms with Gasteiger partial charge in [0.1, 0.15) is 0 Å². The van der Waals surface area contributed by atoms with Crippen molar-refractivity contribution >= 4 is 42.5 Å². The molecule has 0 N–H and O–H groups in total. The molecule has 4 aromatic heterocycles. The summed E-state index contributed by atoms with van der Waals surface area (Å²) in [5, 5.41) is 2.40. The van der Waals surface area contributed by atoms with Crippen LogP contribution in [-0.4, -0.2) is 24.9 Å². The van der Waals surface area contributed by atoms with Crippen LogP contribution in [0.5, 0.6) is 0 Å². The van der Waals surface area contributed by atoms with E-state index in [0.717, 1.165) is 71.5 Å². The summed E-state index contributed by atoms with van der Waals surface area (Å²) in [6.07, 6.45) is 1.86. The Bertz CT molecular complexity index is 3290. The van der Waals surface area contributed by atoms with E-state index in [1.54, 1.807) is 11.3 Å². The molecule has 0 atom stereocenters. The highest BCUT2D eigenvalue weighted by Crippen LogP contribution is 2.42. The molecule has 0 spiro atoms. The van der Waals surface area contributed by atoms with Crippen molar-refractivity contribution in [1.82, 2.24) is 24.9 Å². The highest BCUT2D eigenvalue weighted by molar-refractivity contribution is 7.26. The largest absolute Gasteiger partial charge is 0.254 e. The van der Waals surface area contributed by atoms with Crippen molar-refractivity contribution in [3.05, 3.63) is 200 Å². The number of aromatic nitrogens is 5. The van der Waals surface area contributed by atoms with Crippen LogP contribution in [-0.2, 0) is 0 Å². The van der Waals surface area contributed by atoms with Crippen LogP contribution >= 0.6 is 11.3 Å². The van der Waals surface area contributed by atoms with Gasteiger partial charge in [-0.2, -0.15) is 0 Å². The number of benzene rings is 7. The lowest BCUT2D eigenvalue weighted by Crippen LogP contribution is -2.00. The second-order valence-corrected chi connectivity index (χ2v) is 15.5. The molecule has 5 nitrogen and oxygen atoms in total. The van der Waals surface area contributed by atoms with Gasteiger partial charge in [0.05, 0.1) is 21.4 Å². The number of thiophene rings is 1. The van der Waals surface area contributed by atoms with Crippen molar-refractivity contribution in [3.63, 3.8) is 0 Å². The van der Waals surface area contributed by atoms with Gasteiger partial charge in [0.25, 0.3) is 0 Å². The molecule has 0 aliphatic heterocycles. The number of rotatable bonds is 7. The van der Waals surface area contributed by atoms with Crippen LogP contribution in [0, 0.1) is 0 Å². The predicted molar refractivity (Wildman–Crippen MR) is 244 cm³/mol. The highest BCUT2D eigenvalue weighted by atomic mass is 32.1. The fourth-order valence-electron chi connectivity index (χ4n) is 7.80. The van der Waals surface area contributed by atoms with Gasteiger partial charge in [-0.3, -0.25) is 4.98 Å². The molecule has 11 rings (SSSR count). The minimum absolute atomic E-state index is 0.632. The Morgan fingerprint density at radius 1 is 0.339 bits per heavy atom. The summed E-state index contributed by atoms with van der Waals surface area (Å²) < 4.78 is 2.40. The van der Waals surface area contributed by atoms with Crippen LogP contribution in [0.1, 0.15) is 0 Å². The molecular formula is C53H33N5S. The zero-order chi connectivity index (χ0) is 39.1. The van der Waals surface area contributed by atoms with Gasteiger partial charge in [0.2, 0.25) is 0 Å². The zero-order valence-electron chi connectivity index (χ0n) is 31.7. The van der Waals surface area contributed by atoms with Gasteiger partial charge in [0.15, 0.2) is 17.5 Å². The number of hydrogen-bond acceptors (Lipinski definition) is 6. The molecule has 0 radical (unpaired) electrons. The van der Waals surface area contributed by atoms with Crippen molar-refractivity contribution < 1.29 is 0 Å². The van der Waals surface area contributed by atoms with Crippen molar-refractivity contribution in [2.75, 3.05) is 0 Å². The minimum Gasteiger partial charge on any atom is -0.254 e. The van der Waals surface area contributed by atoms with Crippen LogP contribution in [0.2, 0.25) is 0 Å². The Kier molecular flexibility index (Phi) is 8.60. The van der Waals surface area contributed by atoms with E-state index in [1.807, 2.05) is 48.7 Å². The first-order chi connectivity index (χ1) is 29.2. The molecule has 0 aliphatic carbocycles. The molecule has 4 heterocycles. The van der Waals surface area contributed by atoms with Crippen LogP contribution in [0.4, 0.5) is 0 Å². The second-order valence-electron chi connectivity index (χ2n) is 14.5. The lowest BCUT2D eigenvalue weighted by Gasteiger charge is -2.10. The third-order valence-corrected chi connectivity index (χ3v) is 12.0. The van der Waals surface area contributed by atoms with E-state index in [2.05, 4.69) is 152 Å². The lowest BCUT2D eigenvalue weighted by atomic mass is 9.97.